The van der Waals surface area contributed by atoms with Gasteiger partial charge in [0.2, 0.25) is 0 Å². The van der Waals surface area contributed by atoms with Gasteiger partial charge in [-0.3, -0.25) is 4.68 Å². The number of aliphatic hydroxyl groups is 1. The number of thiophene rings is 2. The van der Waals surface area contributed by atoms with Crippen LogP contribution < -0.4 is 0 Å². The van der Waals surface area contributed by atoms with Crippen LogP contribution in [0.25, 0.3) is 9.40 Å². The zero-order valence-electron chi connectivity index (χ0n) is 11.8. The minimum absolute atomic E-state index is 0.645. The van der Waals surface area contributed by atoms with Gasteiger partial charge in [-0.05, 0) is 47.5 Å². The molecule has 7 heteroatoms. The molecule has 3 heterocycles. The SMILES string of the molecule is CN(C)CCn1ncc(Br)c1C(O)c1cc2sccc2s1. The van der Waals surface area contributed by atoms with Crippen molar-refractivity contribution in [3.05, 3.63) is 38.8 Å². The van der Waals surface area contributed by atoms with Crippen molar-refractivity contribution in [1.29, 1.82) is 0 Å². The van der Waals surface area contributed by atoms with Crippen LogP contribution in [-0.2, 0) is 6.54 Å². The Morgan fingerprint density at radius 1 is 1.43 bits per heavy atom. The smallest absolute Gasteiger partial charge is 0.131 e. The Hall–Kier alpha value is -0.730. The molecule has 3 aromatic rings. The van der Waals surface area contributed by atoms with Crippen LogP contribution in [0.15, 0.2) is 28.2 Å². The molecule has 0 saturated heterocycles. The average molecular weight is 386 g/mol. The topological polar surface area (TPSA) is 41.3 Å². The molecule has 0 bridgehead atoms. The van der Waals surface area contributed by atoms with Gasteiger partial charge in [0.05, 0.1) is 22.9 Å². The second-order valence-corrected chi connectivity index (χ2v) is 8.02. The number of aromatic nitrogens is 2. The standard InChI is InChI=1S/C14H16BrN3OS2/c1-17(2)4-5-18-13(9(15)8-16-18)14(19)12-7-11-10(21-12)3-6-20-11/h3,6-8,14,19H,4-5H2,1-2H3. The van der Waals surface area contributed by atoms with E-state index in [1.165, 1.54) is 9.40 Å². The first-order valence-electron chi connectivity index (χ1n) is 6.57. The van der Waals surface area contributed by atoms with E-state index >= 15 is 0 Å². The van der Waals surface area contributed by atoms with E-state index in [0.29, 0.717) is 0 Å². The Labute approximate surface area is 139 Å². The first-order valence-corrected chi connectivity index (χ1v) is 9.06. The summed E-state index contributed by atoms with van der Waals surface area (Å²) in [6, 6.07) is 4.17. The van der Waals surface area contributed by atoms with Crippen molar-refractivity contribution in [2.75, 3.05) is 20.6 Å². The molecule has 0 aliphatic carbocycles. The molecule has 0 aliphatic rings. The molecule has 0 aliphatic heterocycles. The lowest BCUT2D eigenvalue weighted by atomic mass is 10.2. The third kappa shape index (κ3) is 3.07. The normalized spacial score (nSPS) is 13.4. The number of aliphatic hydroxyl groups excluding tert-OH is 1. The summed E-state index contributed by atoms with van der Waals surface area (Å²) < 4.78 is 5.18. The summed E-state index contributed by atoms with van der Waals surface area (Å²) in [6.07, 6.45) is 1.11. The molecule has 0 aromatic carbocycles. The number of halogens is 1. The van der Waals surface area contributed by atoms with E-state index in [2.05, 4.69) is 43.4 Å². The second-order valence-electron chi connectivity index (χ2n) is 5.10. The van der Waals surface area contributed by atoms with Gasteiger partial charge in [-0.25, -0.2) is 0 Å². The first kappa shape index (κ1) is 15.2. The van der Waals surface area contributed by atoms with Gasteiger partial charge in [0.15, 0.2) is 0 Å². The third-order valence-corrected chi connectivity index (χ3v) is 6.04. The van der Waals surface area contributed by atoms with Crippen LogP contribution in [0, 0.1) is 0 Å². The molecule has 0 amide bonds. The summed E-state index contributed by atoms with van der Waals surface area (Å²) in [5.41, 5.74) is 0.825. The lowest BCUT2D eigenvalue weighted by Crippen LogP contribution is -2.21. The average Bonchev–Trinajstić information content (AvgIpc) is 3.09. The monoisotopic (exact) mass is 385 g/mol. The van der Waals surface area contributed by atoms with Crippen molar-refractivity contribution in [2.24, 2.45) is 0 Å². The van der Waals surface area contributed by atoms with Gasteiger partial charge in [-0.15, -0.1) is 22.7 Å². The number of nitrogens with zero attached hydrogens (tertiary/aromatic N) is 3. The highest BCUT2D eigenvalue weighted by molar-refractivity contribution is 9.10. The van der Waals surface area contributed by atoms with Gasteiger partial charge in [-0.1, -0.05) is 0 Å². The zero-order chi connectivity index (χ0) is 15.0. The van der Waals surface area contributed by atoms with Crippen LogP contribution in [0.4, 0.5) is 0 Å². The lowest BCUT2D eigenvalue weighted by molar-refractivity contribution is 0.208. The van der Waals surface area contributed by atoms with Crippen LogP contribution >= 0.6 is 38.6 Å². The summed E-state index contributed by atoms with van der Waals surface area (Å²) in [4.78, 5) is 3.07. The molecule has 1 N–H and O–H groups in total. The van der Waals surface area contributed by atoms with Gasteiger partial charge < -0.3 is 10.0 Å². The summed E-state index contributed by atoms with van der Waals surface area (Å²) in [5, 5.41) is 17.2. The van der Waals surface area contributed by atoms with Gasteiger partial charge in [0.25, 0.3) is 0 Å². The summed E-state index contributed by atoms with van der Waals surface area (Å²) in [7, 11) is 4.06. The lowest BCUT2D eigenvalue weighted by Gasteiger charge is -2.15. The van der Waals surface area contributed by atoms with Crippen molar-refractivity contribution < 1.29 is 5.11 Å². The number of hydrogen-bond acceptors (Lipinski definition) is 5. The Bertz CT molecular complexity index is 718. The molecule has 0 saturated carbocycles. The highest BCUT2D eigenvalue weighted by Crippen LogP contribution is 2.37. The quantitative estimate of drug-likeness (QED) is 0.729. The molecule has 112 valence electrons. The predicted octanol–water partition coefficient (Wildman–Crippen LogP) is 3.57. The Kier molecular flexibility index (Phi) is 4.46. The van der Waals surface area contributed by atoms with E-state index in [4.69, 9.17) is 0 Å². The van der Waals surface area contributed by atoms with Crippen LogP contribution in [0.5, 0.6) is 0 Å². The highest BCUT2D eigenvalue weighted by atomic mass is 79.9. The Balaban J connectivity index is 1.91. The molecule has 4 nitrogen and oxygen atoms in total. The fourth-order valence-corrected chi connectivity index (χ4v) is 4.79. The molecule has 1 atom stereocenters. The third-order valence-electron chi connectivity index (χ3n) is 3.28. The molecule has 21 heavy (non-hydrogen) atoms. The van der Waals surface area contributed by atoms with Crippen molar-refractivity contribution >= 4 is 48.0 Å². The summed E-state index contributed by atoms with van der Waals surface area (Å²) >= 11 is 6.85. The molecule has 0 spiro atoms. The maximum absolute atomic E-state index is 10.7. The fraction of sp³-hybridized carbons (Fsp3) is 0.357. The highest BCUT2D eigenvalue weighted by Gasteiger charge is 2.21. The van der Waals surface area contributed by atoms with Crippen molar-refractivity contribution in [2.45, 2.75) is 12.6 Å². The van der Waals surface area contributed by atoms with Gasteiger partial charge in [0.1, 0.15) is 6.10 Å². The molecule has 1 unspecified atom stereocenters. The van der Waals surface area contributed by atoms with Crippen LogP contribution in [-0.4, -0.2) is 40.4 Å². The maximum Gasteiger partial charge on any atom is 0.131 e. The first-order chi connectivity index (χ1) is 10.1. The van der Waals surface area contributed by atoms with Crippen molar-refractivity contribution in [1.82, 2.24) is 14.7 Å². The summed E-state index contributed by atoms with van der Waals surface area (Å²) in [6.45, 7) is 1.64. The zero-order valence-corrected chi connectivity index (χ0v) is 15.0. The van der Waals surface area contributed by atoms with E-state index < -0.39 is 6.10 Å². The van der Waals surface area contributed by atoms with Gasteiger partial charge in [-0.2, -0.15) is 5.10 Å². The molecule has 3 rings (SSSR count). The van der Waals surface area contributed by atoms with E-state index in [0.717, 1.165) is 28.1 Å². The van der Waals surface area contributed by atoms with Crippen molar-refractivity contribution in [3.8, 4) is 0 Å². The van der Waals surface area contributed by atoms with Crippen LogP contribution in [0.2, 0.25) is 0 Å². The summed E-state index contributed by atoms with van der Waals surface area (Å²) in [5.74, 6) is 0. The van der Waals surface area contributed by atoms with Crippen molar-refractivity contribution in [3.63, 3.8) is 0 Å². The largest absolute Gasteiger partial charge is 0.381 e. The predicted molar refractivity (Wildman–Crippen MR) is 92.2 cm³/mol. The van der Waals surface area contributed by atoms with E-state index in [-0.39, 0.29) is 0 Å². The maximum atomic E-state index is 10.7. The number of rotatable bonds is 5. The number of fused-ring (bicyclic) bond motifs is 1. The molecule has 3 aromatic heterocycles. The van der Waals surface area contributed by atoms with Gasteiger partial charge in [0, 0.05) is 20.8 Å². The van der Waals surface area contributed by atoms with Crippen LogP contribution in [0.3, 0.4) is 0 Å². The Morgan fingerprint density at radius 3 is 2.95 bits per heavy atom. The second kappa shape index (κ2) is 6.18. The molecular formula is C14H16BrN3OS2. The minimum atomic E-state index is -0.645. The number of likely N-dealkylation sites (N-methyl/N-ethyl adjacent to an activating group) is 1. The van der Waals surface area contributed by atoms with Crippen LogP contribution in [0.1, 0.15) is 16.7 Å². The van der Waals surface area contributed by atoms with E-state index in [1.807, 2.05) is 18.8 Å². The Morgan fingerprint density at radius 2 is 2.24 bits per heavy atom. The molecular weight excluding hydrogens is 370 g/mol. The number of hydrogen-bond donors (Lipinski definition) is 1. The van der Waals surface area contributed by atoms with E-state index in [1.54, 1.807) is 28.9 Å². The van der Waals surface area contributed by atoms with Gasteiger partial charge >= 0.3 is 0 Å². The van der Waals surface area contributed by atoms with E-state index in [9.17, 15) is 5.11 Å². The minimum Gasteiger partial charge on any atom is -0.381 e. The fourth-order valence-electron chi connectivity index (χ4n) is 2.17. The molecule has 0 radical (unpaired) electrons. The molecule has 0 fully saturated rings.